The molecule has 1 nitrogen and oxygen atoms in total. The highest BCUT2D eigenvalue weighted by Gasteiger charge is 2.22. The monoisotopic (exact) mass is 239 g/mol. The highest BCUT2D eigenvalue weighted by molar-refractivity contribution is 6.31. The lowest BCUT2D eigenvalue weighted by Gasteiger charge is -2.28. The van der Waals surface area contributed by atoms with Crippen LogP contribution in [0.2, 0.25) is 5.02 Å². The lowest BCUT2D eigenvalue weighted by molar-refractivity contribution is 0.307. The zero-order valence-electron chi connectivity index (χ0n) is 10.6. The summed E-state index contributed by atoms with van der Waals surface area (Å²) in [6.45, 7) is 9.89. The van der Waals surface area contributed by atoms with Crippen LogP contribution in [-0.2, 0) is 0 Å². The molecule has 0 saturated carbocycles. The number of rotatable bonds is 5. The second-order valence-corrected chi connectivity index (χ2v) is 5.07. The molecule has 0 aliphatic carbocycles. The highest BCUT2D eigenvalue weighted by atomic mass is 35.5. The van der Waals surface area contributed by atoms with Crippen LogP contribution in [0.1, 0.15) is 39.3 Å². The maximum Gasteiger partial charge on any atom is 0.0453 e. The quantitative estimate of drug-likeness (QED) is 0.809. The van der Waals surface area contributed by atoms with E-state index in [0.29, 0.717) is 17.9 Å². The molecular formula is C14H22ClN. The van der Waals surface area contributed by atoms with Gasteiger partial charge in [-0.1, -0.05) is 57.5 Å². The Bertz CT molecular complexity index is 322. The first-order valence-electron chi connectivity index (χ1n) is 6.05. The van der Waals surface area contributed by atoms with Gasteiger partial charge in [0.15, 0.2) is 0 Å². The summed E-state index contributed by atoms with van der Waals surface area (Å²) in [5.41, 5.74) is 1.22. The number of hydrogen-bond donors (Lipinski definition) is 1. The third kappa shape index (κ3) is 3.23. The van der Waals surface area contributed by atoms with E-state index >= 15 is 0 Å². The molecule has 0 bridgehead atoms. The molecule has 1 N–H and O–H groups in total. The predicted octanol–water partition coefficient (Wildman–Crippen LogP) is 4.28. The van der Waals surface area contributed by atoms with Gasteiger partial charge in [0, 0.05) is 11.1 Å². The third-order valence-electron chi connectivity index (χ3n) is 3.24. The summed E-state index contributed by atoms with van der Waals surface area (Å²) >= 11 is 6.26. The molecule has 0 saturated heterocycles. The minimum atomic E-state index is 0.346. The fraction of sp³-hybridized carbons (Fsp3) is 0.571. The molecule has 1 rings (SSSR count). The summed E-state index contributed by atoms with van der Waals surface area (Å²) in [7, 11) is 0. The van der Waals surface area contributed by atoms with E-state index in [1.807, 2.05) is 12.1 Å². The first-order valence-corrected chi connectivity index (χ1v) is 6.43. The zero-order valence-corrected chi connectivity index (χ0v) is 11.4. The van der Waals surface area contributed by atoms with Crippen molar-refractivity contribution in [2.24, 2.45) is 11.8 Å². The van der Waals surface area contributed by atoms with Crippen molar-refractivity contribution < 1.29 is 0 Å². The largest absolute Gasteiger partial charge is 0.310 e. The van der Waals surface area contributed by atoms with Crippen LogP contribution in [0.5, 0.6) is 0 Å². The van der Waals surface area contributed by atoms with Gasteiger partial charge in [0.1, 0.15) is 0 Å². The number of benzene rings is 1. The van der Waals surface area contributed by atoms with E-state index in [2.05, 4.69) is 45.1 Å². The smallest absolute Gasteiger partial charge is 0.0453 e. The van der Waals surface area contributed by atoms with Crippen LogP contribution < -0.4 is 5.32 Å². The topological polar surface area (TPSA) is 12.0 Å². The van der Waals surface area contributed by atoms with Crippen LogP contribution in [0.4, 0.5) is 0 Å². The second-order valence-electron chi connectivity index (χ2n) is 4.66. The van der Waals surface area contributed by atoms with Crippen molar-refractivity contribution in [3.8, 4) is 0 Å². The van der Waals surface area contributed by atoms with Crippen LogP contribution in [0, 0.1) is 11.8 Å². The minimum Gasteiger partial charge on any atom is -0.310 e. The lowest BCUT2D eigenvalue weighted by atomic mass is 9.86. The molecule has 16 heavy (non-hydrogen) atoms. The molecular weight excluding hydrogens is 218 g/mol. The van der Waals surface area contributed by atoms with E-state index in [9.17, 15) is 0 Å². The SMILES string of the molecule is CCNC(c1ccccc1Cl)C(C)C(C)C. The van der Waals surface area contributed by atoms with Crippen LogP contribution in [0.25, 0.3) is 0 Å². The average molecular weight is 240 g/mol. The molecule has 2 heteroatoms. The van der Waals surface area contributed by atoms with Crippen molar-refractivity contribution in [3.05, 3.63) is 34.9 Å². The molecule has 0 heterocycles. The molecule has 0 amide bonds. The maximum atomic E-state index is 6.26. The van der Waals surface area contributed by atoms with E-state index < -0.39 is 0 Å². The summed E-state index contributed by atoms with van der Waals surface area (Å²) in [6.07, 6.45) is 0. The van der Waals surface area contributed by atoms with Gasteiger partial charge in [-0.3, -0.25) is 0 Å². The number of halogens is 1. The maximum absolute atomic E-state index is 6.26. The average Bonchev–Trinajstić information content (AvgIpc) is 2.26. The van der Waals surface area contributed by atoms with Gasteiger partial charge in [0.2, 0.25) is 0 Å². The Labute approximate surface area is 104 Å². The third-order valence-corrected chi connectivity index (χ3v) is 3.59. The summed E-state index contributed by atoms with van der Waals surface area (Å²) in [5.74, 6) is 1.21. The fourth-order valence-electron chi connectivity index (χ4n) is 1.91. The molecule has 1 aromatic rings. The van der Waals surface area contributed by atoms with Gasteiger partial charge in [-0.15, -0.1) is 0 Å². The molecule has 0 aromatic heterocycles. The van der Waals surface area contributed by atoms with Crippen molar-refractivity contribution in [1.82, 2.24) is 5.32 Å². The van der Waals surface area contributed by atoms with Gasteiger partial charge in [-0.05, 0) is 30.0 Å². The molecule has 0 radical (unpaired) electrons. The summed E-state index contributed by atoms with van der Waals surface area (Å²) in [6, 6.07) is 8.47. The highest BCUT2D eigenvalue weighted by Crippen LogP contribution is 2.31. The standard InChI is InChI=1S/C14H22ClN/c1-5-16-14(11(4)10(2)3)12-8-6-7-9-13(12)15/h6-11,14,16H,5H2,1-4H3. The molecule has 0 aliphatic heterocycles. The van der Waals surface area contributed by atoms with E-state index in [1.54, 1.807) is 0 Å². The Morgan fingerprint density at radius 2 is 1.81 bits per heavy atom. The van der Waals surface area contributed by atoms with Gasteiger partial charge in [-0.2, -0.15) is 0 Å². The van der Waals surface area contributed by atoms with E-state index in [0.717, 1.165) is 11.6 Å². The molecule has 2 unspecified atom stereocenters. The Hall–Kier alpha value is -0.530. The molecule has 2 atom stereocenters. The normalized spacial score (nSPS) is 15.1. The minimum absolute atomic E-state index is 0.346. The van der Waals surface area contributed by atoms with Gasteiger partial charge < -0.3 is 5.32 Å². The first kappa shape index (κ1) is 13.5. The van der Waals surface area contributed by atoms with Crippen molar-refractivity contribution >= 4 is 11.6 Å². The van der Waals surface area contributed by atoms with Crippen LogP contribution >= 0.6 is 11.6 Å². The summed E-state index contributed by atoms with van der Waals surface area (Å²) in [4.78, 5) is 0. The predicted molar refractivity (Wildman–Crippen MR) is 71.9 cm³/mol. The van der Waals surface area contributed by atoms with Gasteiger partial charge in [0.05, 0.1) is 0 Å². The van der Waals surface area contributed by atoms with Crippen LogP contribution in [0.3, 0.4) is 0 Å². The Balaban J connectivity index is 2.98. The van der Waals surface area contributed by atoms with Gasteiger partial charge >= 0.3 is 0 Å². The first-order chi connectivity index (χ1) is 7.57. The van der Waals surface area contributed by atoms with E-state index in [4.69, 9.17) is 11.6 Å². The summed E-state index contributed by atoms with van der Waals surface area (Å²) < 4.78 is 0. The molecule has 1 aromatic carbocycles. The van der Waals surface area contributed by atoms with Gasteiger partial charge in [0.25, 0.3) is 0 Å². The Morgan fingerprint density at radius 1 is 1.19 bits per heavy atom. The number of hydrogen-bond acceptors (Lipinski definition) is 1. The van der Waals surface area contributed by atoms with Crippen LogP contribution in [-0.4, -0.2) is 6.54 Å². The van der Waals surface area contributed by atoms with Crippen molar-refractivity contribution in [2.75, 3.05) is 6.54 Å². The van der Waals surface area contributed by atoms with Crippen molar-refractivity contribution in [1.29, 1.82) is 0 Å². The van der Waals surface area contributed by atoms with E-state index in [-0.39, 0.29) is 0 Å². The molecule has 0 fully saturated rings. The van der Waals surface area contributed by atoms with Gasteiger partial charge in [-0.25, -0.2) is 0 Å². The Morgan fingerprint density at radius 3 is 2.31 bits per heavy atom. The molecule has 0 aliphatic rings. The second kappa shape index (κ2) is 6.27. The Kier molecular flexibility index (Phi) is 5.30. The van der Waals surface area contributed by atoms with E-state index in [1.165, 1.54) is 5.56 Å². The van der Waals surface area contributed by atoms with Crippen LogP contribution in [0.15, 0.2) is 24.3 Å². The fourth-order valence-corrected chi connectivity index (χ4v) is 2.16. The molecule has 0 spiro atoms. The van der Waals surface area contributed by atoms with Crippen molar-refractivity contribution in [3.63, 3.8) is 0 Å². The zero-order chi connectivity index (χ0) is 12.1. The van der Waals surface area contributed by atoms with Crippen molar-refractivity contribution in [2.45, 2.75) is 33.7 Å². The molecule has 90 valence electrons. The summed E-state index contributed by atoms with van der Waals surface area (Å²) in [5, 5.41) is 4.40. The number of nitrogens with one attached hydrogen (secondary N) is 1. The lowest BCUT2D eigenvalue weighted by Crippen LogP contribution is -2.29.